The second-order valence-electron chi connectivity index (χ2n) is 6.86. The molecule has 3 rings (SSSR count). The van der Waals surface area contributed by atoms with Gasteiger partial charge < -0.3 is 19.7 Å². The standard InChI is InChI=1S/C22H23N3O5S/c1-23-22(31)24(13-14-4-10-17(29-2)11-5-14)18-12-19(26)25(20(18)27)16-8-6-15(7-9-16)21(28)30-3/h4-11,18H,12-13H2,1-3H3,(H,23,31)/t18-/m1/s1. The molecule has 1 atom stereocenters. The zero-order valence-electron chi connectivity index (χ0n) is 17.5. The molecule has 1 heterocycles. The number of thiocarbonyl (C=S) groups is 1. The van der Waals surface area contributed by atoms with Crippen molar-refractivity contribution < 1.29 is 23.9 Å². The highest BCUT2D eigenvalue weighted by Gasteiger charge is 2.43. The Bertz CT molecular complexity index is 991. The highest BCUT2D eigenvalue weighted by molar-refractivity contribution is 7.80. The van der Waals surface area contributed by atoms with Crippen molar-refractivity contribution in [3.05, 3.63) is 59.7 Å². The molecule has 0 aliphatic carbocycles. The van der Waals surface area contributed by atoms with Crippen LogP contribution in [0.25, 0.3) is 0 Å². The molecule has 0 bridgehead atoms. The third-order valence-electron chi connectivity index (χ3n) is 5.03. The molecule has 2 aromatic rings. The summed E-state index contributed by atoms with van der Waals surface area (Å²) in [6.45, 7) is 0.350. The van der Waals surface area contributed by atoms with Crippen molar-refractivity contribution in [3.8, 4) is 5.75 Å². The smallest absolute Gasteiger partial charge is 0.337 e. The number of carbonyl (C=O) groups excluding carboxylic acids is 3. The van der Waals surface area contributed by atoms with E-state index in [1.807, 2.05) is 24.3 Å². The van der Waals surface area contributed by atoms with Gasteiger partial charge in [-0.15, -0.1) is 0 Å². The monoisotopic (exact) mass is 441 g/mol. The average Bonchev–Trinajstić information content (AvgIpc) is 3.10. The molecule has 2 amide bonds. The Morgan fingerprint density at radius 2 is 1.77 bits per heavy atom. The summed E-state index contributed by atoms with van der Waals surface area (Å²) in [5.74, 6) is -0.477. The summed E-state index contributed by atoms with van der Waals surface area (Å²) in [6, 6.07) is 12.8. The van der Waals surface area contributed by atoms with E-state index in [2.05, 4.69) is 10.1 Å². The quantitative estimate of drug-likeness (QED) is 0.414. The average molecular weight is 442 g/mol. The number of hydrogen-bond acceptors (Lipinski definition) is 6. The minimum atomic E-state index is -0.741. The number of ether oxygens (including phenoxy) is 2. The molecule has 0 aromatic heterocycles. The van der Waals surface area contributed by atoms with Crippen molar-refractivity contribution in [2.45, 2.75) is 19.0 Å². The Labute approximate surface area is 185 Å². The molecule has 0 saturated carbocycles. The number of hydrogen-bond donors (Lipinski definition) is 1. The second-order valence-corrected chi connectivity index (χ2v) is 7.24. The van der Waals surface area contributed by atoms with E-state index in [1.54, 1.807) is 31.2 Å². The molecule has 2 aromatic carbocycles. The van der Waals surface area contributed by atoms with Crippen molar-refractivity contribution in [1.29, 1.82) is 0 Å². The van der Waals surface area contributed by atoms with Crippen LogP contribution >= 0.6 is 12.2 Å². The summed E-state index contributed by atoms with van der Waals surface area (Å²) in [7, 11) is 4.55. The Morgan fingerprint density at radius 1 is 1.13 bits per heavy atom. The number of anilines is 1. The lowest BCUT2D eigenvalue weighted by molar-refractivity contribution is -0.122. The van der Waals surface area contributed by atoms with Gasteiger partial charge in [0.15, 0.2) is 5.11 Å². The van der Waals surface area contributed by atoms with Crippen molar-refractivity contribution >= 4 is 40.8 Å². The van der Waals surface area contributed by atoms with Crippen LogP contribution < -0.4 is 15.0 Å². The van der Waals surface area contributed by atoms with Gasteiger partial charge in [-0.3, -0.25) is 9.59 Å². The van der Waals surface area contributed by atoms with Crippen LogP contribution in [0.5, 0.6) is 5.75 Å². The van der Waals surface area contributed by atoms with E-state index in [4.69, 9.17) is 17.0 Å². The van der Waals surface area contributed by atoms with Crippen LogP contribution in [0.1, 0.15) is 22.3 Å². The number of rotatable bonds is 6. The molecule has 0 unspecified atom stereocenters. The van der Waals surface area contributed by atoms with Gasteiger partial charge in [0.2, 0.25) is 5.91 Å². The molecule has 9 heteroatoms. The van der Waals surface area contributed by atoms with Crippen LogP contribution in [0.3, 0.4) is 0 Å². The van der Waals surface area contributed by atoms with Crippen molar-refractivity contribution in [3.63, 3.8) is 0 Å². The highest BCUT2D eigenvalue weighted by Crippen LogP contribution is 2.27. The Morgan fingerprint density at radius 3 is 2.32 bits per heavy atom. The third kappa shape index (κ3) is 4.66. The van der Waals surface area contributed by atoms with Crippen molar-refractivity contribution in [1.82, 2.24) is 10.2 Å². The van der Waals surface area contributed by atoms with Crippen LogP contribution in [-0.4, -0.2) is 55.1 Å². The van der Waals surface area contributed by atoms with Gasteiger partial charge in [0.25, 0.3) is 5.91 Å². The van der Waals surface area contributed by atoms with Gasteiger partial charge in [-0.2, -0.15) is 0 Å². The summed E-state index contributed by atoms with van der Waals surface area (Å²) < 4.78 is 9.86. The molecule has 8 nitrogen and oxygen atoms in total. The number of benzene rings is 2. The van der Waals surface area contributed by atoms with E-state index in [0.29, 0.717) is 22.9 Å². The first-order chi connectivity index (χ1) is 14.9. The van der Waals surface area contributed by atoms with Crippen LogP contribution in [0.15, 0.2) is 48.5 Å². The van der Waals surface area contributed by atoms with Gasteiger partial charge >= 0.3 is 5.97 Å². The maximum atomic E-state index is 13.2. The maximum absolute atomic E-state index is 13.2. The molecular formula is C22H23N3O5S. The molecular weight excluding hydrogens is 418 g/mol. The lowest BCUT2D eigenvalue weighted by atomic mass is 10.1. The fraction of sp³-hybridized carbons (Fsp3) is 0.273. The van der Waals surface area contributed by atoms with Gasteiger partial charge in [-0.05, 0) is 54.2 Å². The third-order valence-corrected chi connectivity index (χ3v) is 5.47. The Kier molecular flexibility index (Phi) is 6.86. The van der Waals surface area contributed by atoms with Crippen molar-refractivity contribution in [2.75, 3.05) is 26.2 Å². The highest BCUT2D eigenvalue weighted by atomic mass is 32.1. The molecule has 1 aliphatic rings. The first kappa shape index (κ1) is 22.2. The first-order valence-corrected chi connectivity index (χ1v) is 9.97. The predicted octanol–water partition coefficient (Wildman–Crippen LogP) is 2.12. The minimum Gasteiger partial charge on any atom is -0.497 e. The Balaban J connectivity index is 1.84. The number of methoxy groups -OCH3 is 2. The van der Waals surface area contributed by atoms with E-state index in [9.17, 15) is 14.4 Å². The van der Waals surface area contributed by atoms with Crippen LogP contribution in [0.2, 0.25) is 0 Å². The topological polar surface area (TPSA) is 88.2 Å². The fourth-order valence-corrected chi connectivity index (χ4v) is 3.58. The van der Waals surface area contributed by atoms with Gasteiger partial charge in [0.05, 0.1) is 31.9 Å². The summed E-state index contributed by atoms with van der Waals surface area (Å²) in [5, 5.41) is 3.27. The lowest BCUT2D eigenvalue weighted by Gasteiger charge is -2.29. The molecule has 1 saturated heterocycles. The minimum absolute atomic E-state index is 0.00440. The number of esters is 1. The van der Waals surface area contributed by atoms with Gasteiger partial charge in [-0.25, -0.2) is 9.69 Å². The molecule has 1 fully saturated rings. The summed E-state index contributed by atoms with van der Waals surface area (Å²) >= 11 is 5.42. The predicted molar refractivity (Wildman–Crippen MR) is 119 cm³/mol. The lowest BCUT2D eigenvalue weighted by Crippen LogP contribution is -2.48. The summed E-state index contributed by atoms with van der Waals surface area (Å²) in [6.07, 6.45) is -0.00440. The van der Waals surface area contributed by atoms with E-state index >= 15 is 0 Å². The zero-order chi connectivity index (χ0) is 22.5. The zero-order valence-corrected chi connectivity index (χ0v) is 18.3. The maximum Gasteiger partial charge on any atom is 0.337 e. The van der Waals surface area contributed by atoms with Crippen LogP contribution in [0, 0.1) is 0 Å². The molecule has 1 aliphatic heterocycles. The summed E-state index contributed by atoms with van der Waals surface area (Å²) in [5.41, 5.74) is 1.64. The number of carbonyl (C=O) groups is 3. The molecule has 162 valence electrons. The van der Waals surface area contributed by atoms with E-state index in [1.165, 1.54) is 19.2 Å². The van der Waals surface area contributed by atoms with Crippen LogP contribution in [-0.2, 0) is 20.9 Å². The molecule has 0 spiro atoms. The van der Waals surface area contributed by atoms with E-state index in [-0.39, 0.29) is 18.2 Å². The Hall–Kier alpha value is -3.46. The first-order valence-electron chi connectivity index (χ1n) is 9.56. The van der Waals surface area contributed by atoms with E-state index < -0.39 is 12.0 Å². The van der Waals surface area contributed by atoms with Gasteiger partial charge in [0, 0.05) is 13.6 Å². The van der Waals surface area contributed by atoms with Crippen LogP contribution in [0.4, 0.5) is 5.69 Å². The number of nitrogens with zero attached hydrogens (tertiary/aromatic N) is 2. The van der Waals surface area contributed by atoms with Gasteiger partial charge in [0.1, 0.15) is 11.8 Å². The second kappa shape index (κ2) is 9.57. The number of nitrogens with one attached hydrogen (secondary N) is 1. The van der Waals surface area contributed by atoms with Crippen molar-refractivity contribution in [2.24, 2.45) is 0 Å². The van der Waals surface area contributed by atoms with E-state index in [0.717, 1.165) is 16.2 Å². The molecule has 1 N–H and O–H groups in total. The van der Waals surface area contributed by atoms with Gasteiger partial charge in [-0.1, -0.05) is 12.1 Å². The normalized spacial score (nSPS) is 15.6. The number of imide groups is 1. The summed E-state index contributed by atoms with van der Waals surface area (Å²) in [4.78, 5) is 40.4. The number of amides is 2. The molecule has 0 radical (unpaired) electrons. The SMILES string of the molecule is CNC(=S)N(Cc1ccc(OC)cc1)[C@@H]1CC(=O)N(c2ccc(C(=O)OC)cc2)C1=O. The fourth-order valence-electron chi connectivity index (χ4n) is 3.39. The molecule has 31 heavy (non-hydrogen) atoms. The largest absolute Gasteiger partial charge is 0.497 e.